The summed E-state index contributed by atoms with van der Waals surface area (Å²) in [5.74, 6) is -2.30. The van der Waals surface area contributed by atoms with Crippen molar-refractivity contribution in [3.63, 3.8) is 0 Å². The zero-order chi connectivity index (χ0) is 61.9. The fourth-order valence-corrected chi connectivity index (χ4v) is 8.96. The van der Waals surface area contributed by atoms with Crippen LogP contribution in [0.2, 0.25) is 0 Å². The van der Waals surface area contributed by atoms with Crippen molar-refractivity contribution in [3.8, 4) is 0 Å². The summed E-state index contributed by atoms with van der Waals surface area (Å²) in [7, 11) is 5.92. The van der Waals surface area contributed by atoms with E-state index in [2.05, 4.69) is 160 Å². The fraction of sp³-hybridized carbons (Fsp3) is 0.645. The number of carbonyl (C=O) groups is 3. The highest BCUT2D eigenvalue weighted by Gasteiger charge is 2.22. The molecular formula is C76H125NO8. The van der Waals surface area contributed by atoms with Crippen LogP contribution in [0.1, 0.15) is 258 Å². The third kappa shape index (κ3) is 66.5. The minimum atomic E-state index is -1.63. The number of carboxylic acid groups (broad SMARTS) is 1. The van der Waals surface area contributed by atoms with Gasteiger partial charge in [0.15, 0.2) is 12.4 Å². The molecule has 0 rings (SSSR count). The molecule has 0 bridgehead atoms. The second kappa shape index (κ2) is 65.2. The smallest absolute Gasteiger partial charge is 0.306 e. The molecule has 0 aliphatic rings. The SMILES string of the molecule is CC/C=C\C/C=C\C/C=C\C/C=C\C/C=C\C/C=C\C/C=C\CCCCCCCCCCCCCCCCCC(=O)OC(COC(=O)CCCCCCCCC/C=C\C/C=C\C/C=C\C/C=C\C/C=C\CC)COC(OCC[N+](C)(C)C)C(=O)[O-]. The number of carbonyl (C=O) groups excluding carboxylic acids is 3. The van der Waals surface area contributed by atoms with Crippen LogP contribution in [-0.4, -0.2) is 82.3 Å². The molecule has 0 N–H and O–H groups in total. The summed E-state index contributed by atoms with van der Waals surface area (Å²) in [5, 5.41) is 11.8. The second-order valence-electron chi connectivity index (χ2n) is 23.3. The van der Waals surface area contributed by atoms with E-state index < -0.39 is 24.3 Å². The van der Waals surface area contributed by atoms with Crippen LogP contribution in [-0.2, 0) is 33.3 Å². The zero-order valence-electron chi connectivity index (χ0n) is 54.9. The molecule has 0 radical (unpaired) electrons. The molecule has 0 fully saturated rings. The van der Waals surface area contributed by atoms with Crippen LogP contribution in [0.5, 0.6) is 0 Å². The van der Waals surface area contributed by atoms with Gasteiger partial charge < -0.3 is 33.3 Å². The van der Waals surface area contributed by atoms with E-state index in [-0.39, 0.29) is 38.6 Å². The molecule has 2 unspecified atom stereocenters. The maximum atomic E-state index is 12.9. The van der Waals surface area contributed by atoms with Gasteiger partial charge in [0.2, 0.25) is 0 Å². The average molecular weight is 1180 g/mol. The quantitative estimate of drug-likeness (QED) is 0.0195. The Morgan fingerprint density at radius 3 is 0.941 bits per heavy atom. The van der Waals surface area contributed by atoms with Crippen LogP contribution in [0.15, 0.2) is 146 Å². The molecule has 0 heterocycles. The molecule has 0 saturated heterocycles. The Balaban J connectivity index is 4.15. The highest BCUT2D eigenvalue weighted by atomic mass is 16.7. The van der Waals surface area contributed by atoms with Crippen LogP contribution in [0.4, 0.5) is 0 Å². The topological polar surface area (TPSA) is 111 Å². The van der Waals surface area contributed by atoms with Crippen molar-refractivity contribution in [2.75, 3.05) is 47.5 Å². The third-order valence-corrected chi connectivity index (χ3v) is 14.1. The molecular weight excluding hydrogens is 1050 g/mol. The van der Waals surface area contributed by atoms with Crippen LogP contribution in [0.25, 0.3) is 0 Å². The molecule has 0 aliphatic carbocycles. The molecule has 0 saturated carbocycles. The molecule has 9 nitrogen and oxygen atoms in total. The largest absolute Gasteiger partial charge is 0.545 e. The summed E-state index contributed by atoms with van der Waals surface area (Å²) in [4.78, 5) is 37.5. The lowest BCUT2D eigenvalue weighted by molar-refractivity contribution is -0.870. The van der Waals surface area contributed by atoms with Crippen molar-refractivity contribution in [1.82, 2.24) is 0 Å². The third-order valence-electron chi connectivity index (χ3n) is 14.1. The number of unbranched alkanes of at least 4 members (excludes halogenated alkanes) is 22. The van der Waals surface area contributed by atoms with Crippen molar-refractivity contribution in [1.29, 1.82) is 0 Å². The van der Waals surface area contributed by atoms with Gasteiger partial charge in [-0.1, -0.05) is 275 Å². The highest BCUT2D eigenvalue weighted by Crippen LogP contribution is 2.16. The first kappa shape index (κ1) is 80.2. The van der Waals surface area contributed by atoms with E-state index >= 15 is 0 Å². The number of allylic oxidation sites excluding steroid dienone is 24. The van der Waals surface area contributed by atoms with Crippen molar-refractivity contribution in [2.24, 2.45) is 0 Å². The van der Waals surface area contributed by atoms with Crippen molar-refractivity contribution >= 4 is 17.9 Å². The fourth-order valence-electron chi connectivity index (χ4n) is 8.96. The van der Waals surface area contributed by atoms with E-state index in [1.165, 1.54) is 96.3 Å². The van der Waals surface area contributed by atoms with Crippen LogP contribution >= 0.6 is 0 Å². The summed E-state index contributed by atoms with van der Waals surface area (Å²) >= 11 is 0. The Bertz CT molecular complexity index is 1900. The number of aliphatic carboxylic acids is 1. The van der Waals surface area contributed by atoms with Gasteiger partial charge in [-0.25, -0.2) is 0 Å². The minimum Gasteiger partial charge on any atom is -0.545 e. The van der Waals surface area contributed by atoms with E-state index in [1.54, 1.807) is 0 Å². The van der Waals surface area contributed by atoms with Gasteiger partial charge in [-0.15, -0.1) is 0 Å². The first-order valence-corrected chi connectivity index (χ1v) is 34.0. The second-order valence-corrected chi connectivity index (χ2v) is 23.3. The minimum absolute atomic E-state index is 0.139. The van der Waals surface area contributed by atoms with Gasteiger partial charge in [-0.2, -0.15) is 0 Å². The highest BCUT2D eigenvalue weighted by molar-refractivity contribution is 5.70. The number of hydrogen-bond donors (Lipinski definition) is 0. The van der Waals surface area contributed by atoms with E-state index in [1.807, 2.05) is 21.1 Å². The van der Waals surface area contributed by atoms with E-state index in [0.29, 0.717) is 17.4 Å². The lowest BCUT2D eigenvalue weighted by atomic mass is 10.0. The van der Waals surface area contributed by atoms with Gasteiger partial charge in [-0.3, -0.25) is 9.59 Å². The zero-order valence-corrected chi connectivity index (χ0v) is 54.9. The van der Waals surface area contributed by atoms with Crippen molar-refractivity contribution in [2.45, 2.75) is 270 Å². The van der Waals surface area contributed by atoms with Gasteiger partial charge in [-0.05, 0) is 116 Å². The number of rotatable bonds is 61. The summed E-state index contributed by atoms with van der Waals surface area (Å²) in [6, 6.07) is 0. The van der Waals surface area contributed by atoms with Crippen molar-refractivity contribution in [3.05, 3.63) is 146 Å². The maximum Gasteiger partial charge on any atom is 0.306 e. The number of esters is 2. The summed E-state index contributed by atoms with van der Waals surface area (Å²) < 4.78 is 22.8. The van der Waals surface area contributed by atoms with E-state index in [9.17, 15) is 19.5 Å². The number of carboxylic acids is 1. The predicted octanol–water partition coefficient (Wildman–Crippen LogP) is 19.8. The van der Waals surface area contributed by atoms with Gasteiger partial charge >= 0.3 is 11.9 Å². The number of ether oxygens (including phenoxy) is 4. The van der Waals surface area contributed by atoms with Crippen LogP contribution < -0.4 is 5.11 Å². The van der Waals surface area contributed by atoms with Gasteiger partial charge in [0.05, 0.1) is 40.3 Å². The lowest BCUT2D eigenvalue weighted by Gasteiger charge is -2.26. The predicted molar refractivity (Wildman–Crippen MR) is 361 cm³/mol. The summed E-state index contributed by atoms with van der Waals surface area (Å²) in [6.45, 7) is 4.50. The molecule has 0 aromatic heterocycles. The number of hydrogen-bond acceptors (Lipinski definition) is 8. The number of likely N-dealkylation sites (N-methyl/N-ethyl adjacent to an activating group) is 1. The maximum absolute atomic E-state index is 12.9. The van der Waals surface area contributed by atoms with E-state index in [4.69, 9.17) is 18.9 Å². The first-order chi connectivity index (χ1) is 41.6. The normalized spacial score (nSPS) is 13.7. The standard InChI is InChI=1S/C76H125NO8/c1-6-8-10-12-14-16-18-20-22-24-26-28-30-31-32-33-34-35-36-37-38-39-40-41-42-43-45-47-49-51-53-55-57-59-61-63-65-67-74(79)85-72(71-84-76(75(80)81)82-69-68-77(3,4)5)70-83-73(78)66-64-62-60-58-56-54-52-50-48-46-44-29-27-25-23-21-19-17-15-13-11-9-7-2/h8-11,14-17,20-23,26-29,31-32,34-35,37-38,46,48,72,76H,6-7,12-13,18-19,24-25,30,33,36,39-45,47,49-71H2,1-5H3/b10-8-,11-9-,16-14-,17-15-,22-20-,23-21-,28-26-,29-27-,32-31-,35-34-,38-37-,48-46-. The van der Waals surface area contributed by atoms with Crippen molar-refractivity contribution < 1.29 is 42.9 Å². The molecule has 9 heteroatoms. The van der Waals surface area contributed by atoms with Crippen LogP contribution in [0.3, 0.4) is 0 Å². The molecule has 482 valence electrons. The molecule has 2 atom stereocenters. The molecule has 0 aromatic rings. The average Bonchev–Trinajstić information content (AvgIpc) is 3.48. The lowest BCUT2D eigenvalue weighted by Crippen LogP contribution is -2.44. The summed E-state index contributed by atoms with van der Waals surface area (Å²) in [5.41, 5.74) is 0. The molecule has 85 heavy (non-hydrogen) atoms. The van der Waals surface area contributed by atoms with Gasteiger partial charge in [0.25, 0.3) is 0 Å². The van der Waals surface area contributed by atoms with Crippen LogP contribution in [0, 0.1) is 0 Å². The van der Waals surface area contributed by atoms with E-state index in [0.717, 1.165) is 128 Å². The van der Waals surface area contributed by atoms with Gasteiger partial charge in [0, 0.05) is 12.8 Å². The Labute approximate surface area is 522 Å². The Kier molecular flexibility index (Phi) is 61.4. The monoisotopic (exact) mass is 1180 g/mol. The van der Waals surface area contributed by atoms with Gasteiger partial charge in [0.1, 0.15) is 13.2 Å². The Morgan fingerprint density at radius 2 is 0.635 bits per heavy atom. The molecule has 0 amide bonds. The molecule has 0 aromatic carbocycles. The first-order valence-electron chi connectivity index (χ1n) is 34.0. The Hall–Kier alpha value is -4.83. The summed E-state index contributed by atoms with van der Waals surface area (Å²) in [6.07, 6.45) is 92.0. The Morgan fingerprint density at radius 1 is 0.353 bits per heavy atom. The number of quaternary nitrogens is 1. The molecule has 0 aliphatic heterocycles. The number of nitrogens with zero attached hydrogens (tertiary/aromatic N) is 1. The molecule has 0 spiro atoms.